The Hall–Kier alpha value is -2.75. The summed E-state index contributed by atoms with van der Waals surface area (Å²) in [5.74, 6) is -6.10. The predicted molar refractivity (Wildman–Crippen MR) is 132 cm³/mol. The van der Waals surface area contributed by atoms with Gasteiger partial charge in [0.2, 0.25) is 6.23 Å². The Kier molecular flexibility index (Phi) is 9.54. The lowest BCUT2D eigenvalue weighted by Gasteiger charge is -2.32. The van der Waals surface area contributed by atoms with E-state index in [1.807, 2.05) is 0 Å². The van der Waals surface area contributed by atoms with Crippen LogP contribution >= 0.6 is 19.3 Å². The molecule has 1 saturated heterocycles. The number of aromatic nitrogens is 2. The summed E-state index contributed by atoms with van der Waals surface area (Å²) in [6, 6.07) is 5.74. The molecule has 222 valence electrons. The second kappa shape index (κ2) is 12.0. The number of hydrogen-bond donors (Lipinski definition) is 3. The Morgan fingerprint density at radius 1 is 1.30 bits per heavy atom. The van der Waals surface area contributed by atoms with Crippen LogP contribution in [0.15, 0.2) is 41.3 Å². The largest absolute Gasteiger partial charge is 0.462 e. The van der Waals surface area contributed by atoms with Gasteiger partial charge in [-0.05, 0) is 32.9 Å². The van der Waals surface area contributed by atoms with E-state index < -0.39 is 79.3 Å². The molecule has 40 heavy (non-hydrogen) atoms. The number of para-hydroxylation sites is 1. The lowest BCUT2D eigenvalue weighted by atomic mass is 9.96. The number of ether oxygens (including phenoxy) is 2. The number of esters is 1. The molecule has 12 nitrogen and oxygen atoms in total. The van der Waals surface area contributed by atoms with Crippen molar-refractivity contribution in [1.29, 1.82) is 0 Å². The first kappa shape index (κ1) is 31.8. The highest BCUT2D eigenvalue weighted by atomic mass is 35.5. The zero-order chi connectivity index (χ0) is 30.0. The molecule has 1 fully saturated rings. The van der Waals surface area contributed by atoms with E-state index in [1.165, 1.54) is 45.0 Å². The first-order chi connectivity index (χ1) is 18.5. The molecule has 4 N–H and O–H groups in total. The van der Waals surface area contributed by atoms with Crippen LogP contribution in [0.4, 0.5) is 23.4 Å². The second-order valence-corrected chi connectivity index (χ2v) is 11.1. The van der Waals surface area contributed by atoms with Crippen molar-refractivity contribution in [3.8, 4) is 5.75 Å². The summed E-state index contributed by atoms with van der Waals surface area (Å²) >= 11 is 5.75. The number of rotatable bonds is 11. The van der Waals surface area contributed by atoms with Crippen LogP contribution in [-0.2, 0) is 23.4 Å². The molecule has 18 heteroatoms. The summed E-state index contributed by atoms with van der Waals surface area (Å²) in [5, 5.41) is 12.1. The van der Waals surface area contributed by atoms with Crippen LogP contribution in [-0.4, -0.2) is 63.4 Å². The number of anilines is 1. The number of nitrogen functional groups attached to an aromatic ring is 1. The van der Waals surface area contributed by atoms with E-state index >= 15 is 8.78 Å². The van der Waals surface area contributed by atoms with Crippen molar-refractivity contribution < 1.29 is 50.5 Å². The number of aliphatic hydroxyl groups is 1. The Balaban J connectivity index is 1.97. The highest BCUT2D eigenvalue weighted by molar-refractivity contribution is 7.52. The van der Waals surface area contributed by atoms with E-state index in [-0.39, 0.29) is 10.3 Å². The van der Waals surface area contributed by atoms with Gasteiger partial charge in [-0.3, -0.25) is 13.9 Å². The number of carbonyl (C=O) groups excluding carboxylic acids is 1. The van der Waals surface area contributed by atoms with Crippen LogP contribution in [0.25, 0.3) is 0 Å². The van der Waals surface area contributed by atoms with Gasteiger partial charge < -0.3 is 24.8 Å². The number of hydrogen-bond acceptors (Lipinski definition) is 10. The quantitative estimate of drug-likeness (QED) is 0.193. The Bertz CT molecular complexity index is 1320. The van der Waals surface area contributed by atoms with Crippen LogP contribution in [0.1, 0.15) is 27.0 Å². The number of nitrogens with one attached hydrogen (secondary N) is 1. The Morgan fingerprint density at radius 3 is 2.50 bits per heavy atom. The molecule has 0 saturated carbocycles. The highest BCUT2D eigenvalue weighted by Crippen LogP contribution is 2.53. The van der Waals surface area contributed by atoms with Gasteiger partial charge in [-0.2, -0.15) is 18.9 Å². The van der Waals surface area contributed by atoms with E-state index in [0.717, 1.165) is 0 Å². The predicted octanol–water partition coefficient (Wildman–Crippen LogP) is 3.14. The first-order valence-corrected chi connectivity index (χ1v) is 13.5. The van der Waals surface area contributed by atoms with Gasteiger partial charge in [0.05, 0.1) is 17.7 Å². The van der Waals surface area contributed by atoms with Crippen LogP contribution in [0.3, 0.4) is 0 Å². The SMILES string of the molecule is CC(C)OC(=O)[C@H](C)NP(=O)(OC[C@@]1(C(F)F)O[C@@H](n2cc(Cl)c(N)nc2=O)C(F)(F)[C@@H]1O)Oc1ccccc1. The number of nitrogens with zero attached hydrogens (tertiary/aromatic N) is 2. The molecule has 0 spiro atoms. The summed E-state index contributed by atoms with van der Waals surface area (Å²) in [7, 11) is -4.85. The van der Waals surface area contributed by atoms with E-state index in [9.17, 15) is 28.0 Å². The minimum atomic E-state index is -4.85. The number of carbonyl (C=O) groups is 1. The molecule has 2 aromatic rings. The van der Waals surface area contributed by atoms with Crippen LogP contribution < -0.4 is 21.0 Å². The Morgan fingerprint density at radius 2 is 1.93 bits per heavy atom. The van der Waals surface area contributed by atoms with Gasteiger partial charge in [-0.15, -0.1) is 0 Å². The molecule has 0 bridgehead atoms. The summed E-state index contributed by atoms with van der Waals surface area (Å²) in [4.78, 5) is 27.7. The minimum absolute atomic E-state index is 0.0777. The van der Waals surface area contributed by atoms with Gasteiger partial charge in [0.1, 0.15) is 17.6 Å². The third kappa shape index (κ3) is 6.58. The van der Waals surface area contributed by atoms with Crippen molar-refractivity contribution in [3.05, 3.63) is 52.0 Å². The second-order valence-electron chi connectivity index (χ2n) is 8.98. The van der Waals surface area contributed by atoms with Crippen molar-refractivity contribution in [2.45, 2.75) is 63.2 Å². The molecule has 0 amide bonds. The third-order valence-electron chi connectivity index (χ3n) is 5.53. The van der Waals surface area contributed by atoms with E-state index in [0.29, 0.717) is 6.20 Å². The Labute approximate surface area is 229 Å². The van der Waals surface area contributed by atoms with Crippen molar-refractivity contribution >= 4 is 31.1 Å². The molecular weight excluding hydrogens is 591 g/mol. The fourth-order valence-electron chi connectivity index (χ4n) is 3.55. The molecule has 1 aliphatic heterocycles. The van der Waals surface area contributed by atoms with Gasteiger partial charge in [0.15, 0.2) is 11.7 Å². The molecule has 0 aliphatic carbocycles. The molecule has 1 unspecified atom stereocenters. The van der Waals surface area contributed by atoms with Crippen molar-refractivity contribution in [3.63, 3.8) is 0 Å². The molecule has 0 radical (unpaired) electrons. The van der Waals surface area contributed by atoms with Gasteiger partial charge in [-0.25, -0.2) is 18.1 Å². The fourth-order valence-corrected chi connectivity index (χ4v) is 5.22. The normalized spacial score (nSPS) is 24.6. The van der Waals surface area contributed by atoms with E-state index in [4.69, 9.17) is 35.9 Å². The van der Waals surface area contributed by atoms with Crippen molar-refractivity contribution in [2.24, 2.45) is 0 Å². The van der Waals surface area contributed by atoms with E-state index in [2.05, 4.69) is 10.1 Å². The van der Waals surface area contributed by atoms with Gasteiger partial charge in [0, 0.05) is 6.20 Å². The van der Waals surface area contributed by atoms with Gasteiger partial charge in [0.25, 0.3) is 6.43 Å². The first-order valence-electron chi connectivity index (χ1n) is 11.6. The van der Waals surface area contributed by atoms with Crippen molar-refractivity contribution in [2.75, 3.05) is 12.3 Å². The number of alkyl halides is 4. The molecule has 2 heterocycles. The van der Waals surface area contributed by atoms with Crippen LogP contribution in [0.2, 0.25) is 5.02 Å². The van der Waals surface area contributed by atoms with Gasteiger partial charge in [-0.1, -0.05) is 29.8 Å². The standard InChI is InChI=1S/C22H26ClF4N4O8P/c1-11(2)37-16(32)12(3)30-40(35,39-13-7-5-4-6-8-13)36-10-21(18(24)25)17(33)22(26,27)19(38-21)31-9-14(23)15(28)29-20(31)34/h4-9,11-12,17-19,33H,10H2,1-3H3,(H,30,35)(H2,28,29,34)/t12-,17+,19+,21+,40?/m0/s1. The van der Waals surface area contributed by atoms with Gasteiger partial charge >= 0.3 is 25.3 Å². The van der Waals surface area contributed by atoms with Crippen LogP contribution in [0, 0.1) is 0 Å². The average Bonchev–Trinajstić information content (AvgIpc) is 3.06. The molecule has 5 atom stereocenters. The topological polar surface area (TPSA) is 164 Å². The average molecular weight is 617 g/mol. The zero-order valence-corrected chi connectivity index (χ0v) is 22.8. The third-order valence-corrected chi connectivity index (χ3v) is 7.44. The molecule has 1 aliphatic rings. The highest BCUT2D eigenvalue weighted by Gasteiger charge is 2.71. The number of aliphatic hydroxyl groups excluding tert-OH is 1. The summed E-state index contributed by atoms with van der Waals surface area (Å²) in [5.41, 5.74) is 0.374. The lowest BCUT2D eigenvalue weighted by molar-refractivity contribution is -0.193. The lowest BCUT2D eigenvalue weighted by Crippen LogP contribution is -2.54. The summed E-state index contributed by atoms with van der Waals surface area (Å²) in [6.07, 6.45) is -10.0. The summed E-state index contributed by atoms with van der Waals surface area (Å²) in [6.45, 7) is 2.62. The summed E-state index contributed by atoms with van der Waals surface area (Å²) < 4.78 is 93.1. The zero-order valence-electron chi connectivity index (χ0n) is 21.2. The molecule has 1 aromatic carbocycles. The van der Waals surface area contributed by atoms with Crippen LogP contribution in [0.5, 0.6) is 5.75 Å². The van der Waals surface area contributed by atoms with Crippen molar-refractivity contribution in [1.82, 2.24) is 14.6 Å². The number of nitrogens with two attached hydrogens (primary N) is 1. The maximum Gasteiger partial charge on any atom is 0.459 e. The minimum Gasteiger partial charge on any atom is -0.462 e. The monoisotopic (exact) mass is 616 g/mol. The number of halogens is 5. The molecular formula is C22H26ClF4N4O8P. The van der Waals surface area contributed by atoms with E-state index in [1.54, 1.807) is 6.07 Å². The molecule has 1 aromatic heterocycles. The molecule has 3 rings (SSSR count). The maximum atomic E-state index is 15.2. The number of benzene rings is 1. The fraction of sp³-hybridized carbons (Fsp3) is 0.500. The maximum absolute atomic E-state index is 15.2. The smallest absolute Gasteiger partial charge is 0.459 e.